The van der Waals surface area contributed by atoms with E-state index >= 15 is 0 Å². The van der Waals surface area contributed by atoms with Crippen LogP contribution in [0.15, 0.2) is 48.5 Å². The molecular formula is C22H28O. The van der Waals surface area contributed by atoms with E-state index < -0.39 is 0 Å². The molecule has 0 amide bonds. The molecule has 2 rings (SSSR count). The Morgan fingerprint density at radius 3 is 1.87 bits per heavy atom. The molecule has 0 aliphatic heterocycles. The molecule has 0 aromatic heterocycles. The summed E-state index contributed by atoms with van der Waals surface area (Å²) in [5, 5.41) is 0. The lowest BCUT2D eigenvalue weighted by Crippen LogP contribution is -2.01. The van der Waals surface area contributed by atoms with Crippen molar-refractivity contribution in [3.63, 3.8) is 0 Å². The second-order valence-electron chi connectivity index (χ2n) is 6.41. The Morgan fingerprint density at radius 1 is 0.739 bits per heavy atom. The predicted octanol–water partition coefficient (Wildman–Crippen LogP) is 6.13. The van der Waals surface area contributed by atoms with E-state index in [-0.39, 0.29) is 5.78 Å². The van der Waals surface area contributed by atoms with Crippen molar-refractivity contribution in [2.24, 2.45) is 0 Å². The zero-order chi connectivity index (χ0) is 16.5. The van der Waals surface area contributed by atoms with Crippen molar-refractivity contribution in [2.45, 2.75) is 58.8 Å². The summed E-state index contributed by atoms with van der Waals surface area (Å²) < 4.78 is 0. The third kappa shape index (κ3) is 5.67. The maximum atomic E-state index is 12.4. The average Bonchev–Trinajstić information content (AvgIpc) is 2.58. The highest BCUT2D eigenvalue weighted by atomic mass is 16.1. The Balaban J connectivity index is 1.84. The summed E-state index contributed by atoms with van der Waals surface area (Å²) >= 11 is 0. The second-order valence-corrected chi connectivity index (χ2v) is 6.41. The molecular weight excluding hydrogens is 280 g/mol. The normalized spacial score (nSPS) is 10.7. The predicted molar refractivity (Wildman–Crippen MR) is 98.1 cm³/mol. The summed E-state index contributed by atoms with van der Waals surface area (Å²) in [6.07, 6.45) is 9.04. The van der Waals surface area contributed by atoms with Crippen LogP contribution in [0, 0.1) is 6.92 Å². The van der Waals surface area contributed by atoms with Crippen LogP contribution in [0.3, 0.4) is 0 Å². The lowest BCUT2D eigenvalue weighted by molar-refractivity contribution is 0.103. The first-order valence-corrected chi connectivity index (χ1v) is 8.91. The molecule has 0 heterocycles. The van der Waals surface area contributed by atoms with Gasteiger partial charge in [0.05, 0.1) is 0 Å². The third-order valence-corrected chi connectivity index (χ3v) is 4.35. The van der Waals surface area contributed by atoms with E-state index in [2.05, 4.69) is 19.1 Å². The van der Waals surface area contributed by atoms with Crippen LogP contribution in [0.2, 0.25) is 0 Å². The van der Waals surface area contributed by atoms with Crippen LogP contribution in [0.25, 0.3) is 0 Å². The minimum Gasteiger partial charge on any atom is -0.289 e. The summed E-state index contributed by atoms with van der Waals surface area (Å²) in [5.41, 5.74) is 4.05. The van der Waals surface area contributed by atoms with E-state index in [0.717, 1.165) is 17.5 Å². The van der Waals surface area contributed by atoms with E-state index in [4.69, 9.17) is 0 Å². The average molecular weight is 308 g/mol. The summed E-state index contributed by atoms with van der Waals surface area (Å²) in [6, 6.07) is 15.9. The molecule has 0 aliphatic rings. The summed E-state index contributed by atoms with van der Waals surface area (Å²) in [5.74, 6) is 0.108. The number of carbonyl (C=O) groups is 1. The number of hydrogen-bond donors (Lipinski definition) is 0. The van der Waals surface area contributed by atoms with Gasteiger partial charge >= 0.3 is 0 Å². The highest BCUT2D eigenvalue weighted by Gasteiger charge is 2.08. The van der Waals surface area contributed by atoms with Crippen LogP contribution in [0.4, 0.5) is 0 Å². The van der Waals surface area contributed by atoms with E-state index in [9.17, 15) is 4.79 Å². The number of aryl methyl sites for hydroxylation is 2. The summed E-state index contributed by atoms with van der Waals surface area (Å²) in [7, 11) is 0. The quantitative estimate of drug-likeness (QED) is 0.402. The molecule has 2 aromatic carbocycles. The highest BCUT2D eigenvalue weighted by Crippen LogP contribution is 2.14. The Morgan fingerprint density at radius 2 is 1.26 bits per heavy atom. The molecule has 2 aromatic rings. The number of rotatable bonds is 9. The maximum Gasteiger partial charge on any atom is 0.193 e. The van der Waals surface area contributed by atoms with Gasteiger partial charge in [0.25, 0.3) is 0 Å². The van der Waals surface area contributed by atoms with Crippen LogP contribution >= 0.6 is 0 Å². The molecule has 23 heavy (non-hydrogen) atoms. The fraction of sp³-hybridized carbons (Fsp3) is 0.409. The number of unbranched alkanes of at least 4 members (excludes halogenated alkanes) is 5. The number of benzene rings is 2. The van der Waals surface area contributed by atoms with Crippen LogP contribution in [0.1, 0.15) is 72.5 Å². The molecule has 122 valence electrons. The Hall–Kier alpha value is -1.89. The van der Waals surface area contributed by atoms with Crippen molar-refractivity contribution in [3.8, 4) is 0 Å². The lowest BCUT2D eigenvalue weighted by Gasteiger charge is -2.05. The van der Waals surface area contributed by atoms with Crippen molar-refractivity contribution in [2.75, 3.05) is 0 Å². The van der Waals surface area contributed by atoms with Gasteiger partial charge in [0, 0.05) is 11.1 Å². The minimum absolute atomic E-state index is 0.108. The van der Waals surface area contributed by atoms with Gasteiger partial charge in [0.15, 0.2) is 5.78 Å². The van der Waals surface area contributed by atoms with Crippen LogP contribution < -0.4 is 0 Å². The van der Waals surface area contributed by atoms with Crippen molar-refractivity contribution < 1.29 is 4.79 Å². The summed E-state index contributed by atoms with van der Waals surface area (Å²) in [4.78, 5) is 12.4. The van der Waals surface area contributed by atoms with Gasteiger partial charge in [-0.2, -0.15) is 0 Å². The first-order chi connectivity index (χ1) is 11.2. The lowest BCUT2D eigenvalue weighted by atomic mass is 9.99. The molecule has 0 saturated carbocycles. The van der Waals surface area contributed by atoms with E-state index in [0.29, 0.717) is 0 Å². The van der Waals surface area contributed by atoms with Gasteiger partial charge in [-0.15, -0.1) is 0 Å². The fourth-order valence-corrected chi connectivity index (χ4v) is 2.80. The van der Waals surface area contributed by atoms with Gasteiger partial charge < -0.3 is 0 Å². The van der Waals surface area contributed by atoms with Gasteiger partial charge in [0.1, 0.15) is 0 Å². The fourth-order valence-electron chi connectivity index (χ4n) is 2.80. The number of ketones is 1. The summed E-state index contributed by atoms with van der Waals surface area (Å²) in [6.45, 7) is 4.28. The molecule has 1 nitrogen and oxygen atoms in total. The molecule has 0 N–H and O–H groups in total. The molecule has 1 heteroatoms. The molecule has 0 saturated heterocycles. The molecule has 0 bridgehead atoms. The van der Waals surface area contributed by atoms with Crippen molar-refractivity contribution in [1.82, 2.24) is 0 Å². The highest BCUT2D eigenvalue weighted by molar-refractivity contribution is 6.08. The molecule has 0 unspecified atom stereocenters. The standard InChI is InChI=1S/C22H28O/c1-3-4-5-6-7-8-9-19-12-16-21(17-13-19)22(23)20-14-10-18(2)11-15-20/h10-17H,3-9H2,1-2H3. The monoisotopic (exact) mass is 308 g/mol. The Labute approximate surface area is 140 Å². The molecule has 0 spiro atoms. The zero-order valence-corrected chi connectivity index (χ0v) is 14.5. The van der Waals surface area contributed by atoms with Gasteiger partial charge in [-0.05, 0) is 25.3 Å². The zero-order valence-electron chi connectivity index (χ0n) is 14.5. The van der Waals surface area contributed by atoms with Crippen LogP contribution in [0.5, 0.6) is 0 Å². The van der Waals surface area contributed by atoms with Crippen LogP contribution in [-0.4, -0.2) is 5.78 Å². The first kappa shape index (κ1) is 17.5. The van der Waals surface area contributed by atoms with Gasteiger partial charge in [-0.1, -0.05) is 93.1 Å². The largest absolute Gasteiger partial charge is 0.289 e. The number of hydrogen-bond acceptors (Lipinski definition) is 1. The molecule has 0 aliphatic carbocycles. The van der Waals surface area contributed by atoms with Gasteiger partial charge in [0.2, 0.25) is 0 Å². The topological polar surface area (TPSA) is 17.1 Å². The Kier molecular flexibility index (Phi) is 7.06. The second kappa shape index (κ2) is 9.29. The molecule has 0 radical (unpaired) electrons. The number of carbonyl (C=O) groups excluding carboxylic acids is 1. The van der Waals surface area contributed by atoms with E-state index in [1.807, 2.05) is 43.3 Å². The third-order valence-electron chi connectivity index (χ3n) is 4.35. The SMILES string of the molecule is CCCCCCCCc1ccc(C(=O)c2ccc(C)cc2)cc1. The smallest absolute Gasteiger partial charge is 0.193 e. The molecule has 0 fully saturated rings. The van der Waals surface area contributed by atoms with Gasteiger partial charge in [-0.25, -0.2) is 0 Å². The van der Waals surface area contributed by atoms with Gasteiger partial charge in [-0.3, -0.25) is 4.79 Å². The van der Waals surface area contributed by atoms with Crippen molar-refractivity contribution in [3.05, 3.63) is 70.8 Å². The molecule has 0 atom stereocenters. The van der Waals surface area contributed by atoms with E-state index in [1.54, 1.807) is 0 Å². The first-order valence-electron chi connectivity index (χ1n) is 8.91. The minimum atomic E-state index is 0.108. The van der Waals surface area contributed by atoms with Crippen molar-refractivity contribution >= 4 is 5.78 Å². The van der Waals surface area contributed by atoms with E-state index in [1.165, 1.54) is 49.7 Å². The van der Waals surface area contributed by atoms with Crippen LogP contribution in [-0.2, 0) is 6.42 Å². The van der Waals surface area contributed by atoms with Crippen molar-refractivity contribution in [1.29, 1.82) is 0 Å². The maximum absolute atomic E-state index is 12.4. The Bertz CT molecular complexity index is 593.